The quantitative estimate of drug-likeness (QED) is 0.445. The average Bonchev–Trinajstić information content (AvgIpc) is 2.82. The van der Waals surface area contributed by atoms with Crippen molar-refractivity contribution in [3.05, 3.63) is 101 Å². The summed E-state index contributed by atoms with van der Waals surface area (Å²) in [5.41, 5.74) is 3.15. The van der Waals surface area contributed by atoms with Crippen LogP contribution in [0.5, 0.6) is 0 Å². The summed E-state index contributed by atoms with van der Waals surface area (Å²) in [6, 6.07) is 24.6. The first-order valence-electron chi connectivity index (χ1n) is 10.4. The smallest absolute Gasteiger partial charge is 0.242 e. The second kappa shape index (κ2) is 11.7. The maximum Gasteiger partial charge on any atom is 0.242 e. The number of rotatable bonds is 9. The number of halogens is 1. The summed E-state index contributed by atoms with van der Waals surface area (Å²) < 4.78 is 0. The molecule has 0 fully saturated rings. The highest BCUT2D eigenvalue weighted by Crippen LogP contribution is 2.22. The lowest BCUT2D eigenvalue weighted by molar-refractivity contribution is -0.139. The van der Waals surface area contributed by atoms with Gasteiger partial charge in [0.2, 0.25) is 11.8 Å². The molecule has 0 aliphatic carbocycles. The van der Waals surface area contributed by atoms with Crippen molar-refractivity contribution in [1.29, 1.82) is 0 Å². The predicted octanol–water partition coefficient (Wildman–Crippen LogP) is 5.13. The Balaban J connectivity index is 1.85. The Labute approximate surface area is 199 Å². The van der Waals surface area contributed by atoms with E-state index in [2.05, 4.69) is 5.32 Å². The molecule has 0 saturated carbocycles. The molecule has 6 heteroatoms. The predicted molar refractivity (Wildman–Crippen MR) is 132 cm³/mol. The van der Waals surface area contributed by atoms with Crippen molar-refractivity contribution >= 4 is 35.2 Å². The van der Waals surface area contributed by atoms with Crippen molar-refractivity contribution in [3.63, 3.8) is 0 Å². The third-order valence-corrected chi connectivity index (χ3v) is 6.42. The van der Waals surface area contributed by atoms with Crippen LogP contribution >= 0.6 is 23.4 Å². The lowest BCUT2D eigenvalue weighted by atomic mass is 10.0. The maximum atomic E-state index is 13.4. The molecule has 32 heavy (non-hydrogen) atoms. The molecule has 0 aliphatic heterocycles. The number of hydrogen-bond donors (Lipinski definition) is 1. The second-order valence-electron chi connectivity index (χ2n) is 7.57. The van der Waals surface area contributed by atoms with Gasteiger partial charge < -0.3 is 10.2 Å². The summed E-state index contributed by atoms with van der Waals surface area (Å²) in [5, 5.41) is 3.40. The molecule has 0 saturated heterocycles. The molecule has 1 atom stereocenters. The van der Waals surface area contributed by atoms with E-state index in [0.29, 0.717) is 18.0 Å². The van der Waals surface area contributed by atoms with Crippen molar-refractivity contribution in [1.82, 2.24) is 10.2 Å². The van der Waals surface area contributed by atoms with E-state index in [0.717, 1.165) is 21.6 Å². The number of carbonyl (C=O) groups is 2. The molecule has 0 radical (unpaired) electrons. The Morgan fingerprint density at radius 2 is 1.59 bits per heavy atom. The van der Waals surface area contributed by atoms with Gasteiger partial charge in [-0.15, -0.1) is 11.8 Å². The molecule has 0 spiro atoms. The molecule has 0 heterocycles. The molecular formula is C26H27ClN2O2S. The topological polar surface area (TPSA) is 49.4 Å². The molecule has 0 aliphatic rings. The van der Waals surface area contributed by atoms with Gasteiger partial charge in [-0.3, -0.25) is 9.59 Å². The molecule has 4 nitrogen and oxygen atoms in total. The highest BCUT2D eigenvalue weighted by Gasteiger charge is 2.29. The van der Waals surface area contributed by atoms with E-state index in [1.54, 1.807) is 24.1 Å². The number of nitrogens with one attached hydrogen (secondary N) is 1. The molecule has 0 unspecified atom stereocenters. The molecule has 3 aromatic carbocycles. The van der Waals surface area contributed by atoms with Gasteiger partial charge >= 0.3 is 0 Å². The standard InChI is InChI=1S/C26H27ClN2O2S/c1-19-8-10-21(11-9-19)17-29(25(30)18-32-23-14-12-22(27)13-15-23)24(26(31)28-2)16-20-6-4-3-5-7-20/h3-15,24H,16-18H2,1-2H3,(H,28,31)/t24-/m0/s1. The van der Waals surface area contributed by atoms with E-state index < -0.39 is 6.04 Å². The minimum atomic E-state index is -0.609. The Bertz CT molecular complexity index is 1020. The first-order valence-corrected chi connectivity index (χ1v) is 11.8. The number of likely N-dealkylation sites (N-methyl/N-ethyl adjacent to an activating group) is 1. The maximum absolute atomic E-state index is 13.4. The summed E-state index contributed by atoms with van der Waals surface area (Å²) >= 11 is 7.41. The summed E-state index contributed by atoms with van der Waals surface area (Å²) in [6.07, 6.45) is 0.448. The zero-order chi connectivity index (χ0) is 22.9. The SMILES string of the molecule is CNC(=O)[C@H](Cc1ccccc1)N(Cc1ccc(C)cc1)C(=O)CSc1ccc(Cl)cc1. The number of hydrogen-bond acceptors (Lipinski definition) is 3. The van der Waals surface area contributed by atoms with Crippen molar-refractivity contribution in [2.45, 2.75) is 30.8 Å². The van der Waals surface area contributed by atoms with Crippen LogP contribution < -0.4 is 5.32 Å². The monoisotopic (exact) mass is 466 g/mol. The fourth-order valence-corrected chi connectivity index (χ4v) is 4.28. The first kappa shape index (κ1) is 23.9. The minimum Gasteiger partial charge on any atom is -0.357 e. The number of nitrogens with zero attached hydrogens (tertiary/aromatic N) is 1. The van der Waals surface area contributed by atoms with Crippen LogP contribution in [0.1, 0.15) is 16.7 Å². The zero-order valence-electron chi connectivity index (χ0n) is 18.3. The molecule has 0 aromatic heterocycles. The van der Waals surface area contributed by atoms with E-state index in [4.69, 9.17) is 11.6 Å². The number of aryl methyl sites for hydroxylation is 1. The molecule has 166 valence electrons. The van der Waals surface area contributed by atoms with Gasteiger partial charge in [-0.05, 0) is 42.3 Å². The van der Waals surface area contributed by atoms with E-state index in [1.165, 1.54) is 11.8 Å². The Kier molecular flexibility index (Phi) is 8.77. The summed E-state index contributed by atoms with van der Waals surface area (Å²) in [6.45, 7) is 2.39. The van der Waals surface area contributed by atoms with Gasteiger partial charge in [0.25, 0.3) is 0 Å². The highest BCUT2D eigenvalue weighted by atomic mass is 35.5. The minimum absolute atomic E-state index is 0.0879. The number of carbonyl (C=O) groups excluding carboxylic acids is 2. The van der Waals surface area contributed by atoms with Gasteiger partial charge in [0.05, 0.1) is 5.75 Å². The average molecular weight is 467 g/mol. The molecular weight excluding hydrogens is 440 g/mol. The lowest BCUT2D eigenvalue weighted by Gasteiger charge is -2.31. The van der Waals surface area contributed by atoms with Crippen molar-refractivity contribution in [2.75, 3.05) is 12.8 Å². The third kappa shape index (κ3) is 6.87. The fraction of sp³-hybridized carbons (Fsp3) is 0.231. The second-order valence-corrected chi connectivity index (χ2v) is 9.05. The first-order chi connectivity index (χ1) is 15.5. The van der Waals surface area contributed by atoms with Crippen molar-refractivity contribution in [2.24, 2.45) is 0 Å². The van der Waals surface area contributed by atoms with Crippen LogP contribution in [0.3, 0.4) is 0 Å². The summed E-state index contributed by atoms with van der Waals surface area (Å²) in [4.78, 5) is 28.9. The summed E-state index contributed by atoms with van der Waals surface area (Å²) in [7, 11) is 1.61. The van der Waals surface area contributed by atoms with Gasteiger partial charge in [-0.1, -0.05) is 71.8 Å². The highest BCUT2D eigenvalue weighted by molar-refractivity contribution is 8.00. The van der Waals surface area contributed by atoms with E-state index in [9.17, 15) is 9.59 Å². The van der Waals surface area contributed by atoms with Crippen LogP contribution in [0, 0.1) is 6.92 Å². The van der Waals surface area contributed by atoms with E-state index in [1.807, 2.05) is 73.7 Å². The van der Waals surface area contributed by atoms with Crippen LogP contribution in [0.15, 0.2) is 83.8 Å². The van der Waals surface area contributed by atoms with Gasteiger partial charge in [-0.2, -0.15) is 0 Å². The molecule has 2 amide bonds. The Morgan fingerprint density at radius 1 is 0.938 bits per heavy atom. The van der Waals surface area contributed by atoms with Gasteiger partial charge in [0.15, 0.2) is 0 Å². The Morgan fingerprint density at radius 3 is 2.22 bits per heavy atom. The molecule has 0 bridgehead atoms. The van der Waals surface area contributed by atoms with Gasteiger partial charge in [0.1, 0.15) is 6.04 Å². The van der Waals surface area contributed by atoms with Crippen LogP contribution in [0.2, 0.25) is 5.02 Å². The van der Waals surface area contributed by atoms with Crippen LogP contribution in [0.25, 0.3) is 0 Å². The number of benzene rings is 3. The third-order valence-electron chi connectivity index (χ3n) is 5.17. The van der Waals surface area contributed by atoms with Crippen LogP contribution in [-0.4, -0.2) is 35.6 Å². The number of amides is 2. The lowest BCUT2D eigenvalue weighted by Crippen LogP contribution is -2.50. The van der Waals surface area contributed by atoms with E-state index >= 15 is 0 Å². The molecule has 3 rings (SSSR count). The van der Waals surface area contributed by atoms with E-state index in [-0.39, 0.29) is 17.6 Å². The largest absolute Gasteiger partial charge is 0.357 e. The van der Waals surface area contributed by atoms with Crippen LogP contribution in [-0.2, 0) is 22.6 Å². The normalized spacial score (nSPS) is 11.6. The van der Waals surface area contributed by atoms with Crippen molar-refractivity contribution in [3.8, 4) is 0 Å². The molecule has 1 N–H and O–H groups in total. The Hall–Kier alpha value is -2.76. The van der Waals surface area contributed by atoms with Gasteiger partial charge in [-0.25, -0.2) is 0 Å². The zero-order valence-corrected chi connectivity index (χ0v) is 19.8. The van der Waals surface area contributed by atoms with Gasteiger partial charge in [0, 0.05) is 29.9 Å². The van der Waals surface area contributed by atoms with Crippen molar-refractivity contribution < 1.29 is 9.59 Å². The number of thioether (sulfide) groups is 1. The fourth-order valence-electron chi connectivity index (χ4n) is 3.37. The van der Waals surface area contributed by atoms with Crippen LogP contribution in [0.4, 0.5) is 0 Å². The summed E-state index contributed by atoms with van der Waals surface area (Å²) in [5.74, 6) is -0.0312. The molecule has 3 aromatic rings.